The highest BCUT2D eigenvalue weighted by Crippen LogP contribution is 2.22. The van der Waals surface area contributed by atoms with Crippen molar-refractivity contribution in [1.29, 1.82) is 0 Å². The summed E-state index contributed by atoms with van der Waals surface area (Å²) in [6.45, 7) is 5.92. The number of benzene rings is 1. The number of hydrogen-bond acceptors (Lipinski definition) is 3. The molecule has 0 aliphatic carbocycles. The van der Waals surface area contributed by atoms with Crippen molar-refractivity contribution in [3.8, 4) is 5.75 Å². The molecule has 19 heavy (non-hydrogen) atoms. The zero-order valence-electron chi connectivity index (χ0n) is 10.9. The molecule has 0 aromatic heterocycles. The Hall–Kier alpha value is -1.72. The lowest BCUT2D eigenvalue weighted by Crippen LogP contribution is -2.17. The number of nitrogens with zero attached hydrogens (tertiary/aromatic N) is 1. The van der Waals surface area contributed by atoms with Gasteiger partial charge in [0.15, 0.2) is 0 Å². The Bertz CT molecular complexity index is 419. The summed E-state index contributed by atoms with van der Waals surface area (Å²) in [6.07, 6.45) is -1.91. The molecule has 0 fully saturated rings. The molecule has 1 aromatic rings. The van der Waals surface area contributed by atoms with E-state index >= 15 is 0 Å². The van der Waals surface area contributed by atoms with E-state index in [1.165, 1.54) is 24.3 Å². The Balaban J connectivity index is 2.47. The Labute approximate surface area is 110 Å². The molecule has 0 atom stereocenters. The minimum atomic E-state index is -4.68. The largest absolute Gasteiger partial charge is 0.573 e. The SMILES string of the molecule is CC(C)(C)/[C]=N\OCc1ccc(OC(F)(F)F)cc1. The maximum absolute atomic E-state index is 11.9. The highest BCUT2D eigenvalue weighted by Gasteiger charge is 2.30. The van der Waals surface area contributed by atoms with Crippen LogP contribution < -0.4 is 4.74 Å². The van der Waals surface area contributed by atoms with Gasteiger partial charge in [-0.3, -0.25) is 0 Å². The molecule has 105 valence electrons. The van der Waals surface area contributed by atoms with E-state index in [0.29, 0.717) is 5.56 Å². The topological polar surface area (TPSA) is 30.8 Å². The first-order chi connectivity index (χ1) is 8.66. The van der Waals surface area contributed by atoms with E-state index in [4.69, 9.17) is 4.84 Å². The summed E-state index contributed by atoms with van der Waals surface area (Å²) >= 11 is 0. The van der Waals surface area contributed by atoms with Gasteiger partial charge >= 0.3 is 6.36 Å². The Morgan fingerprint density at radius 1 is 1.11 bits per heavy atom. The fourth-order valence-corrected chi connectivity index (χ4v) is 1.06. The van der Waals surface area contributed by atoms with E-state index in [-0.39, 0.29) is 17.8 Å². The van der Waals surface area contributed by atoms with Crippen LogP contribution in [0.4, 0.5) is 13.2 Å². The monoisotopic (exact) mass is 274 g/mol. The number of rotatable bonds is 4. The van der Waals surface area contributed by atoms with Gasteiger partial charge in [0.05, 0.1) is 0 Å². The second-order valence-corrected chi connectivity index (χ2v) is 4.92. The third-order valence-corrected chi connectivity index (χ3v) is 1.83. The molecule has 0 unspecified atom stereocenters. The highest BCUT2D eigenvalue weighted by molar-refractivity contribution is 5.63. The smallest absolute Gasteiger partial charge is 0.406 e. The summed E-state index contributed by atoms with van der Waals surface area (Å²) in [7, 11) is 0. The van der Waals surface area contributed by atoms with Crippen LogP contribution in [-0.2, 0) is 11.4 Å². The number of halogens is 3. The van der Waals surface area contributed by atoms with Crippen LogP contribution in [0.2, 0.25) is 0 Å². The van der Waals surface area contributed by atoms with Crippen molar-refractivity contribution >= 4 is 6.21 Å². The van der Waals surface area contributed by atoms with Gasteiger partial charge in [-0.2, -0.15) is 0 Å². The van der Waals surface area contributed by atoms with Crippen molar-refractivity contribution in [1.82, 2.24) is 0 Å². The van der Waals surface area contributed by atoms with Crippen LogP contribution in [-0.4, -0.2) is 12.6 Å². The summed E-state index contributed by atoms with van der Waals surface area (Å²) in [5.41, 5.74) is 0.485. The Morgan fingerprint density at radius 3 is 2.16 bits per heavy atom. The lowest BCUT2D eigenvalue weighted by molar-refractivity contribution is -0.274. The fourth-order valence-electron chi connectivity index (χ4n) is 1.06. The van der Waals surface area contributed by atoms with Crippen LogP contribution in [0, 0.1) is 5.41 Å². The molecule has 3 nitrogen and oxygen atoms in total. The maximum Gasteiger partial charge on any atom is 0.573 e. The molecular weight excluding hydrogens is 259 g/mol. The Morgan fingerprint density at radius 2 is 1.68 bits per heavy atom. The third-order valence-electron chi connectivity index (χ3n) is 1.83. The summed E-state index contributed by atoms with van der Waals surface area (Å²) < 4.78 is 39.5. The molecule has 0 saturated heterocycles. The van der Waals surface area contributed by atoms with Gasteiger partial charge in [0.25, 0.3) is 0 Å². The van der Waals surface area contributed by atoms with Crippen molar-refractivity contribution in [3.05, 3.63) is 29.8 Å². The van der Waals surface area contributed by atoms with E-state index in [1.54, 1.807) is 0 Å². The minimum absolute atomic E-state index is 0.162. The third kappa shape index (κ3) is 7.33. The van der Waals surface area contributed by atoms with Crippen molar-refractivity contribution < 1.29 is 22.7 Å². The van der Waals surface area contributed by atoms with Gasteiger partial charge in [0, 0.05) is 5.41 Å². The second kappa shape index (κ2) is 5.95. The van der Waals surface area contributed by atoms with E-state index in [0.717, 1.165) is 0 Å². The molecule has 0 aliphatic rings. The van der Waals surface area contributed by atoms with Crippen molar-refractivity contribution in [3.63, 3.8) is 0 Å². The van der Waals surface area contributed by atoms with E-state index in [2.05, 4.69) is 16.1 Å². The van der Waals surface area contributed by atoms with Crippen molar-refractivity contribution in [2.24, 2.45) is 10.6 Å². The maximum atomic E-state index is 11.9. The summed E-state index contributed by atoms with van der Waals surface area (Å²) in [6, 6.07) is 5.41. The number of alkyl halides is 3. The molecule has 1 aromatic carbocycles. The Kier molecular flexibility index (Phi) is 4.80. The summed E-state index contributed by atoms with van der Waals surface area (Å²) in [5.74, 6) is -0.263. The number of ether oxygens (including phenoxy) is 1. The van der Waals surface area contributed by atoms with Gasteiger partial charge in [-0.1, -0.05) is 38.1 Å². The van der Waals surface area contributed by atoms with Crippen LogP contribution in [0.15, 0.2) is 29.4 Å². The first-order valence-electron chi connectivity index (χ1n) is 5.59. The lowest BCUT2D eigenvalue weighted by atomic mass is 10.00. The van der Waals surface area contributed by atoms with Crippen molar-refractivity contribution in [2.45, 2.75) is 33.7 Å². The molecular formula is C13H15F3NO2. The van der Waals surface area contributed by atoms with Crippen LogP contribution in [0.5, 0.6) is 5.75 Å². The van der Waals surface area contributed by atoms with Crippen LogP contribution in [0.25, 0.3) is 0 Å². The predicted octanol–water partition coefficient (Wildman–Crippen LogP) is 4.01. The average molecular weight is 274 g/mol. The average Bonchev–Trinajstić information content (AvgIpc) is 2.23. The molecule has 1 rings (SSSR count). The molecule has 0 bridgehead atoms. The zero-order chi connectivity index (χ0) is 14.5. The predicted molar refractivity (Wildman–Crippen MR) is 64.8 cm³/mol. The minimum Gasteiger partial charge on any atom is -0.406 e. The molecule has 0 aliphatic heterocycles. The fraction of sp³-hybridized carbons (Fsp3) is 0.462. The molecule has 0 heterocycles. The van der Waals surface area contributed by atoms with E-state index in [9.17, 15) is 13.2 Å². The van der Waals surface area contributed by atoms with Gasteiger partial charge in [-0.25, -0.2) is 0 Å². The van der Waals surface area contributed by atoms with Gasteiger partial charge in [0.1, 0.15) is 18.6 Å². The molecule has 0 spiro atoms. The first-order valence-corrected chi connectivity index (χ1v) is 5.59. The highest BCUT2D eigenvalue weighted by atomic mass is 19.4. The van der Waals surface area contributed by atoms with Gasteiger partial charge in [-0.15, -0.1) is 13.2 Å². The summed E-state index contributed by atoms with van der Waals surface area (Å²) in [4.78, 5) is 4.99. The van der Waals surface area contributed by atoms with Crippen molar-refractivity contribution in [2.75, 3.05) is 0 Å². The lowest BCUT2D eigenvalue weighted by Gasteiger charge is -2.09. The second-order valence-electron chi connectivity index (χ2n) is 4.92. The summed E-state index contributed by atoms with van der Waals surface area (Å²) in [5, 5.41) is 3.66. The van der Waals surface area contributed by atoms with Gasteiger partial charge in [-0.05, 0) is 17.7 Å². The number of hydrogen-bond donors (Lipinski definition) is 0. The molecule has 0 amide bonds. The van der Waals surface area contributed by atoms with Crippen LogP contribution in [0.1, 0.15) is 26.3 Å². The van der Waals surface area contributed by atoms with Gasteiger partial charge in [0.2, 0.25) is 0 Å². The quantitative estimate of drug-likeness (QED) is 0.613. The van der Waals surface area contributed by atoms with Crippen LogP contribution in [0.3, 0.4) is 0 Å². The zero-order valence-corrected chi connectivity index (χ0v) is 10.9. The van der Waals surface area contributed by atoms with E-state index in [1.807, 2.05) is 20.8 Å². The molecule has 6 heteroatoms. The standard InChI is InChI=1S/C13H15F3NO2/c1-12(2,3)9-17-18-8-10-4-6-11(7-5-10)19-13(14,15)16/h4-7H,8H2,1-3H3. The van der Waals surface area contributed by atoms with E-state index < -0.39 is 6.36 Å². The molecule has 0 N–H and O–H groups in total. The van der Waals surface area contributed by atoms with Crippen LogP contribution >= 0.6 is 0 Å². The first kappa shape index (κ1) is 15.3. The molecule has 0 saturated carbocycles. The normalized spacial score (nSPS) is 12.7. The molecule has 1 radical (unpaired) electrons. The van der Waals surface area contributed by atoms with Gasteiger partial charge < -0.3 is 9.57 Å².